The van der Waals surface area contributed by atoms with E-state index >= 15 is 0 Å². The monoisotopic (exact) mass is 362 g/mol. The molecule has 0 bridgehead atoms. The highest BCUT2D eigenvalue weighted by atomic mass is 35.5. The zero-order valence-corrected chi connectivity index (χ0v) is 12.0. The lowest BCUT2D eigenvalue weighted by atomic mass is 10.2. The molecule has 0 N–H and O–H groups in total. The number of hydrogen-bond donors (Lipinski definition) is 0. The minimum absolute atomic E-state index is 0.382. The summed E-state index contributed by atoms with van der Waals surface area (Å²) in [6, 6.07) is 1.79. The van der Waals surface area contributed by atoms with Crippen LogP contribution in [-0.2, 0) is 6.18 Å². The van der Waals surface area contributed by atoms with Crippen molar-refractivity contribution in [2.45, 2.75) is 6.18 Å². The second-order valence-corrected chi connectivity index (χ2v) is 5.05. The summed E-state index contributed by atoms with van der Waals surface area (Å²) in [4.78, 5) is 19.0. The average Bonchev–Trinajstić information content (AvgIpc) is 2.47. The van der Waals surface area contributed by atoms with E-state index in [9.17, 15) is 26.7 Å². The Morgan fingerprint density at radius 1 is 1.12 bits per heavy atom. The van der Waals surface area contributed by atoms with Crippen molar-refractivity contribution in [3.05, 3.63) is 57.0 Å². The van der Waals surface area contributed by atoms with Crippen molar-refractivity contribution in [1.29, 1.82) is 0 Å². The van der Waals surface area contributed by atoms with Gasteiger partial charge < -0.3 is 4.42 Å². The first kappa shape index (κ1) is 16.3. The Labute approximate surface area is 134 Å². The molecule has 2 heterocycles. The van der Waals surface area contributed by atoms with Gasteiger partial charge in [-0.25, -0.2) is 23.5 Å². The number of pyridine rings is 1. The lowest BCUT2D eigenvalue weighted by Crippen LogP contribution is -2.08. The predicted octanol–water partition coefficient (Wildman–Crippen LogP) is 4.20. The van der Waals surface area contributed by atoms with Gasteiger partial charge in [0.05, 0.1) is 16.0 Å². The number of aromatic nitrogens is 2. The van der Waals surface area contributed by atoms with Crippen LogP contribution in [0.4, 0.5) is 22.0 Å². The van der Waals surface area contributed by atoms with E-state index in [4.69, 9.17) is 16.0 Å². The molecular formula is C14H4ClF5N2O2. The van der Waals surface area contributed by atoms with Crippen molar-refractivity contribution in [1.82, 2.24) is 9.97 Å². The predicted molar refractivity (Wildman–Crippen MR) is 73.4 cm³/mol. The zero-order chi connectivity index (χ0) is 17.6. The highest BCUT2D eigenvalue weighted by Crippen LogP contribution is 2.33. The van der Waals surface area contributed by atoms with Gasteiger partial charge in [0.2, 0.25) is 0 Å². The number of hydrogen-bond acceptors (Lipinski definition) is 4. The molecule has 3 aromatic rings. The summed E-state index contributed by atoms with van der Waals surface area (Å²) in [7, 11) is 0. The molecule has 124 valence electrons. The summed E-state index contributed by atoms with van der Waals surface area (Å²) in [5.74, 6) is -2.73. The van der Waals surface area contributed by atoms with Crippen molar-refractivity contribution in [2.24, 2.45) is 0 Å². The van der Waals surface area contributed by atoms with Crippen LogP contribution in [0.2, 0.25) is 5.02 Å². The lowest BCUT2D eigenvalue weighted by Gasteiger charge is -2.08. The molecule has 0 fully saturated rings. The Kier molecular flexibility index (Phi) is 3.75. The van der Waals surface area contributed by atoms with Gasteiger partial charge in [0.25, 0.3) is 5.89 Å². The van der Waals surface area contributed by atoms with Crippen LogP contribution >= 0.6 is 11.6 Å². The number of nitrogens with zero attached hydrogens (tertiary/aromatic N) is 2. The fourth-order valence-electron chi connectivity index (χ4n) is 1.95. The molecule has 0 atom stereocenters. The van der Waals surface area contributed by atoms with Crippen LogP contribution in [0.3, 0.4) is 0 Å². The topological polar surface area (TPSA) is 56.0 Å². The van der Waals surface area contributed by atoms with Gasteiger partial charge in [-0.2, -0.15) is 13.2 Å². The Hall–Kier alpha value is -2.55. The molecule has 2 aromatic heterocycles. The second-order valence-electron chi connectivity index (χ2n) is 4.64. The van der Waals surface area contributed by atoms with E-state index in [1.807, 2.05) is 0 Å². The van der Waals surface area contributed by atoms with E-state index in [1.54, 1.807) is 0 Å². The Morgan fingerprint density at radius 2 is 1.83 bits per heavy atom. The summed E-state index contributed by atoms with van der Waals surface area (Å²) >= 11 is 5.72. The second kappa shape index (κ2) is 5.52. The average molecular weight is 363 g/mol. The van der Waals surface area contributed by atoms with Crippen LogP contribution in [0.25, 0.3) is 22.5 Å². The molecule has 0 spiro atoms. The third kappa shape index (κ3) is 2.82. The third-order valence-electron chi connectivity index (χ3n) is 3.02. The molecule has 1 aromatic carbocycles. The minimum Gasteiger partial charge on any atom is -0.401 e. The first-order valence-electron chi connectivity index (χ1n) is 6.20. The molecule has 4 nitrogen and oxygen atoms in total. The number of benzene rings is 1. The summed E-state index contributed by atoms with van der Waals surface area (Å²) in [6.45, 7) is 0. The van der Waals surface area contributed by atoms with E-state index in [0.717, 1.165) is 6.07 Å². The highest BCUT2D eigenvalue weighted by molar-refractivity contribution is 6.32. The van der Waals surface area contributed by atoms with Gasteiger partial charge in [-0.3, -0.25) is 0 Å². The number of alkyl halides is 3. The molecule has 0 aliphatic heterocycles. The highest BCUT2D eigenvalue weighted by Gasteiger charge is 2.32. The molecule has 0 amide bonds. The molecule has 0 saturated carbocycles. The van der Waals surface area contributed by atoms with Crippen molar-refractivity contribution in [3.63, 3.8) is 0 Å². The van der Waals surface area contributed by atoms with E-state index in [-0.39, 0.29) is 5.69 Å². The number of rotatable bonds is 1. The molecule has 0 aliphatic rings. The van der Waals surface area contributed by atoms with Gasteiger partial charge in [0.15, 0.2) is 5.82 Å². The standard InChI is InChI=1S/C14H4ClF5N2O2/c15-8-1-5(14(18,19)20)4-21-11(8)12-22-10-7(13(23)24-12)2-6(16)3-9(10)17/h1-4H. The quantitative estimate of drug-likeness (QED) is 0.609. The maximum Gasteiger partial charge on any atom is 0.417 e. The molecule has 0 aliphatic carbocycles. The minimum atomic E-state index is -4.67. The lowest BCUT2D eigenvalue weighted by molar-refractivity contribution is -0.137. The third-order valence-corrected chi connectivity index (χ3v) is 3.31. The Bertz CT molecular complexity index is 1020. The first-order valence-corrected chi connectivity index (χ1v) is 6.57. The van der Waals surface area contributed by atoms with Crippen LogP contribution in [-0.4, -0.2) is 9.97 Å². The van der Waals surface area contributed by atoms with Gasteiger partial charge in [-0.05, 0) is 12.1 Å². The number of fused-ring (bicyclic) bond motifs is 1. The van der Waals surface area contributed by atoms with Gasteiger partial charge >= 0.3 is 11.8 Å². The van der Waals surface area contributed by atoms with Crippen LogP contribution in [0.5, 0.6) is 0 Å². The molecule has 0 saturated heterocycles. The van der Waals surface area contributed by atoms with Gasteiger partial charge in [-0.15, -0.1) is 0 Å². The summed E-state index contributed by atoms with van der Waals surface area (Å²) in [6.07, 6.45) is -4.20. The van der Waals surface area contributed by atoms with E-state index in [0.29, 0.717) is 18.3 Å². The van der Waals surface area contributed by atoms with Gasteiger partial charge in [-0.1, -0.05) is 11.6 Å². The van der Waals surface area contributed by atoms with Crippen LogP contribution in [0.1, 0.15) is 5.56 Å². The first-order chi connectivity index (χ1) is 11.2. The smallest absolute Gasteiger partial charge is 0.401 e. The van der Waals surface area contributed by atoms with Gasteiger partial charge in [0, 0.05) is 12.3 Å². The maximum absolute atomic E-state index is 13.8. The summed E-state index contributed by atoms with van der Waals surface area (Å²) in [5.41, 5.74) is -3.15. The van der Waals surface area contributed by atoms with Crippen molar-refractivity contribution < 1.29 is 26.4 Å². The summed E-state index contributed by atoms with van der Waals surface area (Å²) in [5, 5.41) is -0.957. The largest absolute Gasteiger partial charge is 0.417 e. The van der Waals surface area contributed by atoms with Crippen LogP contribution in [0.15, 0.2) is 33.6 Å². The summed E-state index contributed by atoms with van der Waals surface area (Å²) < 4.78 is 69.4. The van der Waals surface area contributed by atoms with Gasteiger partial charge in [0.1, 0.15) is 17.0 Å². The van der Waals surface area contributed by atoms with Crippen molar-refractivity contribution >= 4 is 22.5 Å². The zero-order valence-electron chi connectivity index (χ0n) is 11.3. The molecule has 3 rings (SSSR count). The normalized spacial score (nSPS) is 11.9. The SMILES string of the molecule is O=c1oc(-c2ncc(C(F)(F)F)cc2Cl)nc2c(F)cc(F)cc12. The van der Waals surface area contributed by atoms with E-state index in [1.165, 1.54) is 0 Å². The van der Waals surface area contributed by atoms with E-state index in [2.05, 4.69) is 9.97 Å². The molecule has 0 unspecified atom stereocenters. The molecule has 0 radical (unpaired) electrons. The molecule has 24 heavy (non-hydrogen) atoms. The number of halogens is 6. The fourth-order valence-corrected chi connectivity index (χ4v) is 2.20. The Balaban J connectivity index is 2.22. The van der Waals surface area contributed by atoms with Crippen LogP contribution < -0.4 is 5.63 Å². The fraction of sp³-hybridized carbons (Fsp3) is 0.0714. The molecule has 10 heteroatoms. The molecular weight excluding hydrogens is 359 g/mol. The van der Waals surface area contributed by atoms with Crippen molar-refractivity contribution in [3.8, 4) is 11.6 Å². The van der Waals surface area contributed by atoms with Crippen LogP contribution in [0, 0.1) is 11.6 Å². The Morgan fingerprint density at radius 3 is 2.46 bits per heavy atom. The van der Waals surface area contributed by atoms with Crippen molar-refractivity contribution in [2.75, 3.05) is 0 Å². The van der Waals surface area contributed by atoms with E-state index < -0.39 is 50.8 Å². The maximum atomic E-state index is 13.8.